The molecule has 2 aromatic rings. The van der Waals surface area contributed by atoms with E-state index < -0.39 is 0 Å². The van der Waals surface area contributed by atoms with Crippen molar-refractivity contribution in [1.82, 2.24) is 0 Å². The van der Waals surface area contributed by atoms with Crippen LogP contribution < -0.4 is 14.8 Å². The van der Waals surface area contributed by atoms with Gasteiger partial charge < -0.3 is 14.8 Å². The maximum absolute atomic E-state index is 12.3. The second-order valence-electron chi connectivity index (χ2n) is 4.35. The zero-order valence-electron chi connectivity index (χ0n) is 11.9. The lowest BCUT2D eigenvalue weighted by molar-refractivity contribution is 0.102. The van der Waals surface area contributed by atoms with E-state index in [0.29, 0.717) is 28.6 Å². The monoisotopic (exact) mass is 305 g/mol. The van der Waals surface area contributed by atoms with Gasteiger partial charge in [0.25, 0.3) is 5.91 Å². The molecule has 0 saturated heterocycles. The van der Waals surface area contributed by atoms with Gasteiger partial charge in [0.2, 0.25) is 0 Å². The van der Waals surface area contributed by atoms with Crippen molar-refractivity contribution in [2.24, 2.45) is 0 Å². The lowest BCUT2D eigenvalue weighted by Gasteiger charge is -2.12. The van der Waals surface area contributed by atoms with Gasteiger partial charge in [-0.1, -0.05) is 12.1 Å². The first kappa shape index (κ1) is 15.2. The first-order valence-electron chi connectivity index (χ1n) is 6.36. The Labute approximate surface area is 128 Å². The van der Waals surface area contributed by atoms with E-state index in [0.717, 1.165) is 5.56 Å². The molecule has 0 heterocycles. The Kier molecular flexibility index (Phi) is 5.06. The van der Waals surface area contributed by atoms with Gasteiger partial charge in [0.1, 0.15) is 11.5 Å². The number of anilines is 1. The summed E-state index contributed by atoms with van der Waals surface area (Å²) in [7, 11) is 3.11. The molecular formula is C16H16ClNO3. The van der Waals surface area contributed by atoms with E-state index in [1.165, 1.54) is 0 Å². The highest BCUT2D eigenvalue weighted by molar-refractivity contribution is 6.17. The van der Waals surface area contributed by atoms with E-state index in [1.54, 1.807) is 50.6 Å². The molecular weight excluding hydrogens is 290 g/mol. The van der Waals surface area contributed by atoms with Gasteiger partial charge in [-0.25, -0.2) is 0 Å². The molecule has 4 nitrogen and oxygen atoms in total. The molecule has 1 amide bonds. The summed E-state index contributed by atoms with van der Waals surface area (Å²) in [5, 5.41) is 2.82. The normalized spacial score (nSPS) is 10.0. The van der Waals surface area contributed by atoms with Gasteiger partial charge in [0, 0.05) is 17.5 Å². The molecule has 0 spiro atoms. The molecule has 0 unspecified atom stereocenters. The van der Waals surface area contributed by atoms with E-state index in [2.05, 4.69) is 5.32 Å². The number of alkyl halides is 1. The second-order valence-corrected chi connectivity index (χ2v) is 4.62. The molecule has 0 aromatic heterocycles. The zero-order chi connectivity index (χ0) is 15.2. The molecule has 0 aliphatic heterocycles. The summed E-state index contributed by atoms with van der Waals surface area (Å²) in [5.41, 5.74) is 1.98. The Balaban J connectivity index is 2.25. The van der Waals surface area contributed by atoms with Gasteiger partial charge in [0.05, 0.1) is 19.9 Å². The molecule has 0 fully saturated rings. The van der Waals surface area contributed by atoms with Crippen LogP contribution in [-0.4, -0.2) is 20.1 Å². The zero-order valence-corrected chi connectivity index (χ0v) is 12.6. The first-order chi connectivity index (χ1) is 10.2. The van der Waals surface area contributed by atoms with Crippen LogP contribution in [0.2, 0.25) is 0 Å². The third kappa shape index (κ3) is 3.67. The number of amides is 1. The standard InChI is InChI=1S/C16H16ClNO3/c1-20-13-6-7-15(21-2)14(9-13)18-16(19)12-5-3-4-11(8-12)10-17/h3-9H,10H2,1-2H3,(H,18,19). The van der Waals surface area contributed by atoms with Crippen molar-refractivity contribution in [3.05, 3.63) is 53.6 Å². The molecule has 1 N–H and O–H groups in total. The predicted octanol–water partition coefficient (Wildman–Crippen LogP) is 3.69. The smallest absolute Gasteiger partial charge is 0.255 e. The highest BCUT2D eigenvalue weighted by Crippen LogP contribution is 2.29. The molecule has 110 valence electrons. The molecule has 2 rings (SSSR count). The van der Waals surface area contributed by atoms with Gasteiger partial charge in [-0.2, -0.15) is 0 Å². The Morgan fingerprint density at radius 1 is 1.14 bits per heavy atom. The van der Waals surface area contributed by atoms with Gasteiger partial charge in [-0.05, 0) is 29.8 Å². The molecule has 0 atom stereocenters. The van der Waals surface area contributed by atoms with Crippen LogP contribution in [0.1, 0.15) is 15.9 Å². The lowest BCUT2D eigenvalue weighted by atomic mass is 10.1. The van der Waals surface area contributed by atoms with E-state index in [9.17, 15) is 4.79 Å². The Morgan fingerprint density at radius 3 is 2.62 bits per heavy atom. The van der Waals surface area contributed by atoms with Crippen LogP contribution >= 0.6 is 11.6 Å². The summed E-state index contributed by atoms with van der Waals surface area (Å²) >= 11 is 5.78. The molecule has 5 heteroatoms. The number of halogens is 1. The summed E-state index contributed by atoms with van der Waals surface area (Å²) in [5.74, 6) is 1.34. The minimum Gasteiger partial charge on any atom is -0.497 e. The van der Waals surface area contributed by atoms with Crippen molar-refractivity contribution in [1.29, 1.82) is 0 Å². The predicted molar refractivity (Wildman–Crippen MR) is 83.5 cm³/mol. The van der Waals surface area contributed by atoms with Crippen LogP contribution in [0.25, 0.3) is 0 Å². The highest BCUT2D eigenvalue weighted by Gasteiger charge is 2.11. The fourth-order valence-corrected chi connectivity index (χ4v) is 2.07. The Bertz CT molecular complexity index is 643. The summed E-state index contributed by atoms with van der Waals surface area (Å²) in [6, 6.07) is 12.4. The average molecular weight is 306 g/mol. The molecule has 0 radical (unpaired) electrons. The summed E-state index contributed by atoms with van der Waals surface area (Å²) in [6.07, 6.45) is 0. The van der Waals surface area contributed by atoms with Crippen LogP contribution in [0.5, 0.6) is 11.5 Å². The number of benzene rings is 2. The van der Waals surface area contributed by atoms with Crippen molar-refractivity contribution in [3.63, 3.8) is 0 Å². The number of nitrogens with one attached hydrogen (secondary N) is 1. The third-order valence-electron chi connectivity index (χ3n) is 3.00. The fourth-order valence-electron chi connectivity index (χ4n) is 1.90. The Morgan fingerprint density at radius 2 is 1.95 bits per heavy atom. The van der Waals surface area contributed by atoms with Gasteiger partial charge in [-0.15, -0.1) is 11.6 Å². The van der Waals surface area contributed by atoms with E-state index in [-0.39, 0.29) is 5.91 Å². The topological polar surface area (TPSA) is 47.6 Å². The maximum atomic E-state index is 12.3. The third-order valence-corrected chi connectivity index (χ3v) is 3.31. The van der Waals surface area contributed by atoms with Gasteiger partial charge in [-0.3, -0.25) is 4.79 Å². The SMILES string of the molecule is COc1ccc(OC)c(NC(=O)c2cccc(CCl)c2)c1. The number of methoxy groups -OCH3 is 2. The van der Waals surface area contributed by atoms with E-state index in [4.69, 9.17) is 21.1 Å². The van der Waals surface area contributed by atoms with Crippen molar-refractivity contribution in [3.8, 4) is 11.5 Å². The van der Waals surface area contributed by atoms with Gasteiger partial charge in [0.15, 0.2) is 0 Å². The van der Waals surface area contributed by atoms with Crippen LogP contribution in [-0.2, 0) is 5.88 Å². The highest BCUT2D eigenvalue weighted by atomic mass is 35.5. The van der Waals surface area contributed by atoms with Crippen molar-refractivity contribution < 1.29 is 14.3 Å². The molecule has 0 aliphatic rings. The maximum Gasteiger partial charge on any atom is 0.255 e. The van der Waals surface area contributed by atoms with Crippen molar-refractivity contribution in [2.75, 3.05) is 19.5 Å². The summed E-state index contributed by atoms with van der Waals surface area (Å²) in [4.78, 5) is 12.3. The summed E-state index contributed by atoms with van der Waals surface area (Å²) < 4.78 is 10.4. The van der Waals surface area contributed by atoms with Gasteiger partial charge >= 0.3 is 0 Å². The summed E-state index contributed by atoms with van der Waals surface area (Å²) in [6.45, 7) is 0. The quantitative estimate of drug-likeness (QED) is 0.857. The fraction of sp³-hybridized carbons (Fsp3) is 0.188. The molecule has 0 aliphatic carbocycles. The average Bonchev–Trinajstić information content (AvgIpc) is 2.54. The molecule has 21 heavy (non-hydrogen) atoms. The van der Waals surface area contributed by atoms with Crippen LogP contribution in [0.4, 0.5) is 5.69 Å². The number of hydrogen-bond donors (Lipinski definition) is 1. The minimum absolute atomic E-state index is 0.228. The molecule has 0 saturated carbocycles. The number of carbonyl (C=O) groups is 1. The van der Waals surface area contributed by atoms with Crippen molar-refractivity contribution >= 4 is 23.2 Å². The van der Waals surface area contributed by atoms with Crippen molar-refractivity contribution in [2.45, 2.75) is 5.88 Å². The van der Waals surface area contributed by atoms with Crippen LogP contribution in [0, 0.1) is 0 Å². The lowest BCUT2D eigenvalue weighted by Crippen LogP contribution is -2.13. The number of carbonyl (C=O) groups excluding carboxylic acids is 1. The first-order valence-corrected chi connectivity index (χ1v) is 6.89. The van der Waals surface area contributed by atoms with E-state index in [1.807, 2.05) is 6.07 Å². The number of rotatable bonds is 5. The van der Waals surface area contributed by atoms with E-state index >= 15 is 0 Å². The second kappa shape index (κ2) is 6.99. The number of hydrogen-bond acceptors (Lipinski definition) is 3. The minimum atomic E-state index is -0.228. The van der Waals surface area contributed by atoms with Crippen LogP contribution in [0.15, 0.2) is 42.5 Å². The molecule has 2 aromatic carbocycles. The van der Waals surface area contributed by atoms with Crippen LogP contribution in [0.3, 0.4) is 0 Å². The molecule has 0 bridgehead atoms. The number of ether oxygens (including phenoxy) is 2. The Hall–Kier alpha value is -2.20. The largest absolute Gasteiger partial charge is 0.497 e.